The Bertz CT molecular complexity index is 1270. The van der Waals surface area contributed by atoms with Gasteiger partial charge in [0, 0.05) is 30.6 Å². The normalized spacial score (nSPS) is 18.2. The third-order valence-corrected chi connectivity index (χ3v) is 7.73. The Hall–Kier alpha value is -3.76. The molecule has 0 saturated heterocycles. The van der Waals surface area contributed by atoms with E-state index in [-0.39, 0.29) is 19.3 Å². The molecule has 0 radical (unpaired) electrons. The average molecular weight is 587 g/mol. The van der Waals surface area contributed by atoms with E-state index in [2.05, 4.69) is 19.2 Å². The van der Waals surface area contributed by atoms with Gasteiger partial charge in [0.15, 0.2) is 23.0 Å². The maximum Gasteiger partial charge on any atom is 0.331 e. The Labute approximate surface area is 249 Å². The molecule has 2 atom stereocenters. The fourth-order valence-electron chi connectivity index (χ4n) is 5.17. The number of esters is 2. The predicted octanol–water partition coefficient (Wildman–Crippen LogP) is 3.36. The second-order valence-corrected chi connectivity index (χ2v) is 11.7. The molecule has 42 heavy (non-hydrogen) atoms. The number of methoxy groups -OCH3 is 4. The van der Waals surface area contributed by atoms with Crippen LogP contribution in [0.5, 0.6) is 23.0 Å². The lowest BCUT2D eigenvalue weighted by atomic mass is 9.86. The molecule has 0 bridgehead atoms. The zero-order valence-corrected chi connectivity index (χ0v) is 26.2. The Morgan fingerprint density at radius 3 is 2.00 bits per heavy atom. The second kappa shape index (κ2) is 14.4. The zero-order valence-electron chi connectivity index (χ0n) is 26.2. The first-order chi connectivity index (χ1) is 19.9. The van der Waals surface area contributed by atoms with E-state index in [0.29, 0.717) is 51.5 Å². The van der Waals surface area contributed by atoms with Gasteiger partial charge in [0.2, 0.25) is 0 Å². The molecule has 10 nitrogen and oxygen atoms in total. The van der Waals surface area contributed by atoms with E-state index in [1.54, 1.807) is 28.4 Å². The highest BCUT2D eigenvalue weighted by Crippen LogP contribution is 2.43. The van der Waals surface area contributed by atoms with Crippen molar-refractivity contribution in [3.05, 3.63) is 59.2 Å². The van der Waals surface area contributed by atoms with Gasteiger partial charge in [-0.15, -0.1) is 0 Å². The van der Waals surface area contributed by atoms with Crippen LogP contribution >= 0.6 is 0 Å². The molecule has 10 heteroatoms. The summed E-state index contributed by atoms with van der Waals surface area (Å²) in [4.78, 5) is 24.4. The number of rotatable bonds is 14. The molecule has 2 aromatic carbocycles. The quantitative estimate of drug-likeness (QED) is 0.189. The number of quaternary nitrogens is 2. The molecule has 0 fully saturated rings. The number of hydrogen-bond donors (Lipinski definition) is 0. The number of ether oxygens (including phenoxy) is 6. The number of hydrogen-bond acceptors (Lipinski definition) is 8. The number of carbonyl (C=O) groups is 2. The van der Waals surface area contributed by atoms with Crippen LogP contribution in [0.1, 0.15) is 22.7 Å². The number of nitrogens with zero attached hydrogens (tertiary/aromatic N) is 2. The summed E-state index contributed by atoms with van der Waals surface area (Å²) in [5, 5.41) is 0. The standard InChI is InChI=1S/C32H46N2O8/c1-33(2,3)15-17-41-31(35)11-12-32(36)42-18-16-34(4)14-13-24-21-29(39-7)30(40-8)22-25(24)26(34)19-23-9-10-27(37-5)28(20-23)38-6/h9-12,20-22,26H,13-19H2,1-8H3/q+2/b12-11+. The van der Waals surface area contributed by atoms with Crippen LogP contribution in [0.2, 0.25) is 0 Å². The molecule has 1 aliphatic heterocycles. The van der Waals surface area contributed by atoms with E-state index in [1.165, 1.54) is 11.1 Å². The van der Waals surface area contributed by atoms with Crippen molar-refractivity contribution in [2.45, 2.75) is 18.9 Å². The minimum absolute atomic E-state index is 0.0390. The minimum Gasteiger partial charge on any atom is -0.493 e. The van der Waals surface area contributed by atoms with Crippen molar-refractivity contribution in [2.75, 3.05) is 89.5 Å². The Morgan fingerprint density at radius 1 is 0.833 bits per heavy atom. The number of likely N-dealkylation sites (N-methyl/N-ethyl adjacent to an activating group) is 2. The van der Waals surface area contributed by atoms with Gasteiger partial charge in [0.05, 0.1) is 63.2 Å². The van der Waals surface area contributed by atoms with Gasteiger partial charge in [-0.2, -0.15) is 0 Å². The van der Waals surface area contributed by atoms with E-state index in [0.717, 1.165) is 30.7 Å². The molecule has 230 valence electrons. The van der Waals surface area contributed by atoms with Crippen LogP contribution < -0.4 is 18.9 Å². The molecule has 0 amide bonds. The van der Waals surface area contributed by atoms with E-state index >= 15 is 0 Å². The molecule has 2 unspecified atom stereocenters. The van der Waals surface area contributed by atoms with Gasteiger partial charge in [-0.3, -0.25) is 0 Å². The largest absolute Gasteiger partial charge is 0.493 e. The van der Waals surface area contributed by atoms with Crippen molar-refractivity contribution in [3.63, 3.8) is 0 Å². The number of carbonyl (C=O) groups excluding carboxylic acids is 2. The van der Waals surface area contributed by atoms with Crippen molar-refractivity contribution in [3.8, 4) is 23.0 Å². The molecule has 1 aliphatic rings. The Balaban J connectivity index is 1.77. The summed E-state index contributed by atoms with van der Waals surface area (Å²) in [5.41, 5.74) is 3.46. The first kappa shape index (κ1) is 32.8. The van der Waals surface area contributed by atoms with Crippen molar-refractivity contribution in [1.29, 1.82) is 0 Å². The molecule has 0 aromatic heterocycles. The van der Waals surface area contributed by atoms with Crippen LogP contribution in [0.15, 0.2) is 42.5 Å². The molecule has 2 aromatic rings. The van der Waals surface area contributed by atoms with Gasteiger partial charge in [-0.1, -0.05) is 6.07 Å². The third-order valence-electron chi connectivity index (χ3n) is 7.73. The maximum atomic E-state index is 12.4. The topological polar surface area (TPSA) is 89.5 Å². The molecule has 0 aliphatic carbocycles. The summed E-state index contributed by atoms with van der Waals surface area (Å²) in [7, 11) is 14.7. The van der Waals surface area contributed by atoms with E-state index in [1.807, 2.05) is 39.3 Å². The van der Waals surface area contributed by atoms with Crippen LogP contribution in [0.25, 0.3) is 0 Å². The third kappa shape index (κ3) is 8.62. The Kier molecular flexibility index (Phi) is 11.2. The van der Waals surface area contributed by atoms with Crippen molar-refractivity contribution >= 4 is 11.9 Å². The lowest BCUT2D eigenvalue weighted by Crippen LogP contribution is -2.53. The van der Waals surface area contributed by atoms with Crippen LogP contribution in [-0.4, -0.2) is 110 Å². The summed E-state index contributed by atoms with van der Waals surface area (Å²) in [5.74, 6) is 1.58. The summed E-state index contributed by atoms with van der Waals surface area (Å²) >= 11 is 0. The summed E-state index contributed by atoms with van der Waals surface area (Å²) < 4.78 is 34.2. The molecule has 0 N–H and O–H groups in total. The van der Waals surface area contributed by atoms with E-state index < -0.39 is 11.9 Å². The first-order valence-corrected chi connectivity index (χ1v) is 14.0. The van der Waals surface area contributed by atoms with Gasteiger partial charge >= 0.3 is 11.9 Å². The lowest BCUT2D eigenvalue weighted by Gasteiger charge is -2.46. The molecule has 1 heterocycles. The average Bonchev–Trinajstić information content (AvgIpc) is 2.96. The van der Waals surface area contributed by atoms with E-state index in [4.69, 9.17) is 28.4 Å². The van der Waals surface area contributed by atoms with Crippen LogP contribution in [-0.2, 0) is 31.9 Å². The SMILES string of the molecule is COc1ccc(CC2c3cc(OC)c(OC)cc3CC[N+]2(C)CCOC(=O)/C=C/C(=O)OCC[N+](C)(C)C)cc1OC. The van der Waals surface area contributed by atoms with Gasteiger partial charge in [0.25, 0.3) is 0 Å². The molecule has 0 saturated carbocycles. The zero-order chi connectivity index (χ0) is 30.9. The van der Waals surface area contributed by atoms with Crippen LogP contribution in [0.3, 0.4) is 0 Å². The van der Waals surface area contributed by atoms with Gasteiger partial charge in [-0.25, -0.2) is 9.59 Å². The summed E-state index contributed by atoms with van der Waals surface area (Å²) in [6.45, 7) is 2.57. The summed E-state index contributed by atoms with van der Waals surface area (Å²) in [6, 6.07) is 10.1. The highest BCUT2D eigenvalue weighted by molar-refractivity contribution is 5.91. The van der Waals surface area contributed by atoms with Crippen LogP contribution in [0.4, 0.5) is 0 Å². The monoisotopic (exact) mass is 586 g/mol. The lowest BCUT2D eigenvalue weighted by molar-refractivity contribution is -0.941. The molecular formula is C32H46N2O8+2. The fraction of sp³-hybridized carbons (Fsp3) is 0.500. The summed E-state index contributed by atoms with van der Waals surface area (Å²) in [6.07, 6.45) is 3.79. The smallest absolute Gasteiger partial charge is 0.331 e. The molecule has 3 rings (SSSR count). The molecule has 0 spiro atoms. The predicted molar refractivity (Wildman–Crippen MR) is 159 cm³/mol. The first-order valence-electron chi connectivity index (χ1n) is 14.0. The highest BCUT2D eigenvalue weighted by Gasteiger charge is 2.40. The molecular weight excluding hydrogens is 540 g/mol. The van der Waals surface area contributed by atoms with Gasteiger partial charge in [0.1, 0.15) is 32.3 Å². The second-order valence-electron chi connectivity index (χ2n) is 11.7. The number of fused-ring (bicyclic) bond motifs is 1. The maximum absolute atomic E-state index is 12.4. The van der Waals surface area contributed by atoms with Crippen LogP contribution in [0, 0.1) is 0 Å². The minimum atomic E-state index is -0.578. The van der Waals surface area contributed by atoms with Crippen molar-refractivity contribution in [1.82, 2.24) is 0 Å². The fourth-order valence-corrected chi connectivity index (χ4v) is 5.17. The van der Waals surface area contributed by atoms with Gasteiger partial charge in [-0.05, 0) is 35.4 Å². The van der Waals surface area contributed by atoms with Crippen molar-refractivity contribution in [2.24, 2.45) is 0 Å². The highest BCUT2D eigenvalue weighted by atomic mass is 16.5. The van der Waals surface area contributed by atoms with Crippen molar-refractivity contribution < 1.29 is 47.0 Å². The van der Waals surface area contributed by atoms with E-state index in [9.17, 15) is 9.59 Å². The number of benzene rings is 2. The Morgan fingerprint density at radius 2 is 1.40 bits per heavy atom. The van der Waals surface area contributed by atoms with Gasteiger partial charge < -0.3 is 37.4 Å².